The molecule has 0 bridgehead atoms. The van der Waals surface area contributed by atoms with Gasteiger partial charge in [-0.1, -0.05) is 57.9 Å². The molecule has 1 unspecified atom stereocenters. The van der Waals surface area contributed by atoms with Crippen LogP contribution in [0.5, 0.6) is 11.5 Å². The van der Waals surface area contributed by atoms with Crippen LogP contribution in [0.2, 0.25) is 0 Å². The number of carbonyl (C=O) groups is 2. The van der Waals surface area contributed by atoms with Crippen LogP contribution in [0.25, 0.3) is 11.1 Å². The zero-order valence-corrected chi connectivity index (χ0v) is 20.8. The molecule has 34 heavy (non-hydrogen) atoms. The SMILES string of the molecule is CCCCOC(=O)C1CCC(C(=O)Oc2ccc(-c3ccc(OCC(C)CC)cc3)cc2)CC1. The fourth-order valence-electron chi connectivity index (χ4n) is 4.01. The monoisotopic (exact) mass is 466 g/mol. The maximum absolute atomic E-state index is 12.6. The average Bonchev–Trinajstić information content (AvgIpc) is 2.88. The lowest BCUT2D eigenvalue weighted by atomic mass is 9.82. The Hall–Kier alpha value is -2.82. The molecule has 5 heteroatoms. The van der Waals surface area contributed by atoms with Crippen LogP contribution in [-0.4, -0.2) is 25.2 Å². The Morgan fingerprint density at radius 2 is 1.35 bits per heavy atom. The summed E-state index contributed by atoms with van der Waals surface area (Å²) in [6.07, 6.45) is 5.69. The third kappa shape index (κ3) is 7.61. The second-order valence-electron chi connectivity index (χ2n) is 9.36. The lowest BCUT2D eigenvalue weighted by Crippen LogP contribution is -2.29. The van der Waals surface area contributed by atoms with E-state index in [0.717, 1.165) is 42.7 Å². The van der Waals surface area contributed by atoms with Gasteiger partial charge in [0.1, 0.15) is 11.5 Å². The van der Waals surface area contributed by atoms with Gasteiger partial charge >= 0.3 is 11.9 Å². The second-order valence-corrected chi connectivity index (χ2v) is 9.36. The van der Waals surface area contributed by atoms with E-state index in [2.05, 4.69) is 20.8 Å². The Morgan fingerprint density at radius 1 is 0.824 bits per heavy atom. The predicted molar refractivity (Wildman–Crippen MR) is 134 cm³/mol. The first-order chi connectivity index (χ1) is 16.5. The van der Waals surface area contributed by atoms with Crippen LogP contribution in [-0.2, 0) is 14.3 Å². The van der Waals surface area contributed by atoms with Crippen molar-refractivity contribution in [3.8, 4) is 22.6 Å². The van der Waals surface area contributed by atoms with Gasteiger partial charge in [0.15, 0.2) is 0 Å². The molecule has 1 saturated carbocycles. The van der Waals surface area contributed by atoms with E-state index in [0.29, 0.717) is 44.0 Å². The second kappa shape index (κ2) is 13.2. The van der Waals surface area contributed by atoms with Crippen molar-refractivity contribution in [1.29, 1.82) is 0 Å². The van der Waals surface area contributed by atoms with E-state index in [1.807, 2.05) is 48.5 Å². The molecule has 0 spiro atoms. The molecule has 0 amide bonds. The van der Waals surface area contributed by atoms with Crippen molar-refractivity contribution in [2.75, 3.05) is 13.2 Å². The van der Waals surface area contributed by atoms with E-state index < -0.39 is 0 Å². The molecule has 0 N–H and O–H groups in total. The van der Waals surface area contributed by atoms with Crippen LogP contribution in [0, 0.1) is 17.8 Å². The molecule has 2 aromatic rings. The van der Waals surface area contributed by atoms with E-state index in [1.54, 1.807) is 0 Å². The first-order valence-corrected chi connectivity index (χ1v) is 12.7. The third-order valence-electron chi connectivity index (χ3n) is 6.63. The van der Waals surface area contributed by atoms with Gasteiger partial charge in [-0.25, -0.2) is 0 Å². The third-order valence-corrected chi connectivity index (χ3v) is 6.63. The van der Waals surface area contributed by atoms with Gasteiger partial charge in [0.2, 0.25) is 0 Å². The largest absolute Gasteiger partial charge is 0.493 e. The predicted octanol–water partition coefficient (Wildman–Crippen LogP) is 6.83. The minimum absolute atomic E-state index is 0.0907. The highest BCUT2D eigenvalue weighted by Crippen LogP contribution is 2.31. The van der Waals surface area contributed by atoms with Crippen LogP contribution in [0.4, 0.5) is 0 Å². The molecule has 3 rings (SSSR count). The van der Waals surface area contributed by atoms with Gasteiger partial charge in [-0.15, -0.1) is 0 Å². The molecular formula is C29H38O5. The maximum atomic E-state index is 12.6. The molecule has 0 heterocycles. The van der Waals surface area contributed by atoms with Crippen molar-refractivity contribution in [3.05, 3.63) is 48.5 Å². The van der Waals surface area contributed by atoms with E-state index in [4.69, 9.17) is 14.2 Å². The standard InChI is InChI=1S/C29H38O5/c1-4-6-19-32-28(30)24-7-9-25(10-8-24)29(31)34-27-17-13-23(14-18-27)22-11-15-26(16-12-22)33-20-21(3)5-2/h11-18,21,24-25H,4-10,19-20H2,1-3H3. The Morgan fingerprint density at radius 3 is 1.88 bits per heavy atom. The summed E-state index contributed by atoms with van der Waals surface area (Å²) in [5.41, 5.74) is 2.13. The molecule has 184 valence electrons. The lowest BCUT2D eigenvalue weighted by Gasteiger charge is -2.25. The summed E-state index contributed by atoms with van der Waals surface area (Å²) < 4.78 is 16.8. The van der Waals surface area contributed by atoms with Gasteiger partial charge in [0.05, 0.1) is 25.0 Å². The molecule has 1 fully saturated rings. The van der Waals surface area contributed by atoms with Crippen molar-refractivity contribution in [2.24, 2.45) is 17.8 Å². The summed E-state index contributed by atoms with van der Waals surface area (Å²) in [6.45, 7) is 7.63. The summed E-state index contributed by atoms with van der Waals surface area (Å²) in [4.78, 5) is 24.8. The number of hydrogen-bond acceptors (Lipinski definition) is 5. The fraction of sp³-hybridized carbons (Fsp3) is 0.517. The molecule has 0 radical (unpaired) electrons. The molecule has 1 atom stereocenters. The summed E-state index contributed by atoms with van der Waals surface area (Å²) in [6, 6.07) is 15.6. The van der Waals surface area contributed by atoms with Gasteiger partial charge in [-0.05, 0) is 73.4 Å². The average molecular weight is 467 g/mol. The first-order valence-electron chi connectivity index (χ1n) is 12.7. The summed E-state index contributed by atoms with van der Waals surface area (Å²) in [5, 5.41) is 0. The normalized spacial score (nSPS) is 18.7. The smallest absolute Gasteiger partial charge is 0.314 e. The summed E-state index contributed by atoms with van der Waals surface area (Å²) >= 11 is 0. The van der Waals surface area contributed by atoms with Crippen molar-refractivity contribution in [3.63, 3.8) is 0 Å². The fourth-order valence-corrected chi connectivity index (χ4v) is 4.01. The quantitative estimate of drug-likeness (QED) is 0.206. The topological polar surface area (TPSA) is 61.8 Å². The number of carbonyl (C=O) groups excluding carboxylic acids is 2. The van der Waals surface area contributed by atoms with Crippen molar-refractivity contribution < 1.29 is 23.8 Å². The zero-order valence-electron chi connectivity index (χ0n) is 20.8. The summed E-state index contributed by atoms with van der Waals surface area (Å²) in [7, 11) is 0. The van der Waals surface area contributed by atoms with Gasteiger partial charge in [-0.2, -0.15) is 0 Å². The van der Waals surface area contributed by atoms with Crippen LogP contribution in [0.1, 0.15) is 65.7 Å². The van der Waals surface area contributed by atoms with Crippen molar-refractivity contribution >= 4 is 11.9 Å². The van der Waals surface area contributed by atoms with E-state index in [-0.39, 0.29) is 23.8 Å². The zero-order chi connectivity index (χ0) is 24.3. The highest BCUT2D eigenvalue weighted by atomic mass is 16.5. The Bertz CT molecular complexity index is 895. The number of hydrogen-bond donors (Lipinski definition) is 0. The van der Waals surface area contributed by atoms with E-state index in [1.165, 1.54) is 0 Å². The maximum Gasteiger partial charge on any atom is 0.314 e. The highest BCUT2D eigenvalue weighted by Gasteiger charge is 2.31. The number of unbranched alkanes of at least 4 members (excludes halogenated alkanes) is 1. The van der Waals surface area contributed by atoms with Gasteiger partial charge < -0.3 is 14.2 Å². The van der Waals surface area contributed by atoms with Crippen LogP contribution in [0.15, 0.2) is 48.5 Å². The first kappa shape index (κ1) is 25.8. The van der Waals surface area contributed by atoms with Crippen molar-refractivity contribution in [2.45, 2.75) is 65.7 Å². The van der Waals surface area contributed by atoms with Crippen LogP contribution < -0.4 is 9.47 Å². The molecule has 0 saturated heterocycles. The number of ether oxygens (including phenoxy) is 3. The Kier molecular flexibility index (Phi) is 9.99. The highest BCUT2D eigenvalue weighted by molar-refractivity contribution is 5.77. The Labute approximate surface area is 203 Å². The lowest BCUT2D eigenvalue weighted by molar-refractivity contribution is -0.152. The molecule has 0 aliphatic heterocycles. The number of esters is 2. The molecular weight excluding hydrogens is 428 g/mol. The molecule has 1 aliphatic rings. The number of benzene rings is 2. The van der Waals surface area contributed by atoms with E-state index in [9.17, 15) is 9.59 Å². The molecule has 1 aliphatic carbocycles. The van der Waals surface area contributed by atoms with Crippen LogP contribution >= 0.6 is 0 Å². The minimum Gasteiger partial charge on any atom is -0.493 e. The van der Waals surface area contributed by atoms with Crippen molar-refractivity contribution in [1.82, 2.24) is 0 Å². The summed E-state index contributed by atoms with van der Waals surface area (Å²) in [5.74, 6) is 1.37. The Balaban J connectivity index is 1.46. The molecule has 2 aromatic carbocycles. The van der Waals surface area contributed by atoms with Crippen LogP contribution in [0.3, 0.4) is 0 Å². The number of rotatable bonds is 11. The molecule has 0 aromatic heterocycles. The van der Waals surface area contributed by atoms with Gasteiger partial charge in [-0.3, -0.25) is 9.59 Å². The van der Waals surface area contributed by atoms with E-state index >= 15 is 0 Å². The van der Waals surface area contributed by atoms with Gasteiger partial charge in [0.25, 0.3) is 0 Å². The minimum atomic E-state index is -0.214. The van der Waals surface area contributed by atoms with Gasteiger partial charge in [0, 0.05) is 0 Å². The molecule has 5 nitrogen and oxygen atoms in total.